The number of methoxy groups -OCH3 is 1. The first kappa shape index (κ1) is 9.67. The van der Waals surface area contributed by atoms with Crippen molar-refractivity contribution in [1.82, 2.24) is 14.8 Å². The minimum Gasteiger partial charge on any atom is -0.495 e. The average Bonchev–Trinajstić information content (AvgIpc) is 2.81. The summed E-state index contributed by atoms with van der Waals surface area (Å²) in [4.78, 5) is 0. The summed E-state index contributed by atoms with van der Waals surface area (Å²) >= 11 is 0. The molecule has 0 unspecified atom stereocenters. The van der Waals surface area contributed by atoms with Crippen molar-refractivity contribution in [3.63, 3.8) is 0 Å². The molecule has 1 aromatic carbocycles. The quantitative estimate of drug-likeness (QED) is 0.800. The van der Waals surface area contributed by atoms with Gasteiger partial charge in [-0.2, -0.15) is 0 Å². The summed E-state index contributed by atoms with van der Waals surface area (Å²) in [6, 6.07) is 5.75. The molecule has 78 valence electrons. The van der Waals surface area contributed by atoms with Gasteiger partial charge < -0.3 is 10.5 Å². The minimum absolute atomic E-state index is 0.449. The number of rotatable bonds is 3. The van der Waals surface area contributed by atoms with Crippen LogP contribution < -0.4 is 10.5 Å². The fraction of sp³-hybridized carbons (Fsp3) is 0.200. The zero-order valence-electron chi connectivity index (χ0n) is 8.42. The Morgan fingerprint density at radius 1 is 1.33 bits per heavy atom. The molecular formula is C10H12N4O. The Labute approximate surface area is 87.5 Å². The molecule has 2 N–H and O–H groups in total. The Kier molecular flexibility index (Phi) is 2.64. The van der Waals surface area contributed by atoms with Gasteiger partial charge in [-0.25, -0.2) is 0 Å². The van der Waals surface area contributed by atoms with Gasteiger partial charge in [0.2, 0.25) is 0 Å². The Hall–Kier alpha value is -1.88. The SMILES string of the molecule is COc1cccc(CN)c1-n1cnnc1. The molecular weight excluding hydrogens is 192 g/mol. The summed E-state index contributed by atoms with van der Waals surface area (Å²) in [6.07, 6.45) is 3.24. The first-order valence-electron chi connectivity index (χ1n) is 4.57. The van der Waals surface area contributed by atoms with Crippen molar-refractivity contribution in [3.8, 4) is 11.4 Å². The van der Waals surface area contributed by atoms with Gasteiger partial charge in [0, 0.05) is 6.54 Å². The molecule has 0 saturated carbocycles. The number of benzene rings is 1. The van der Waals surface area contributed by atoms with E-state index in [4.69, 9.17) is 10.5 Å². The molecule has 0 saturated heterocycles. The fourth-order valence-electron chi connectivity index (χ4n) is 1.51. The van der Waals surface area contributed by atoms with Crippen LogP contribution in [0.15, 0.2) is 30.9 Å². The van der Waals surface area contributed by atoms with E-state index in [1.165, 1.54) is 0 Å². The number of para-hydroxylation sites is 1. The molecule has 0 radical (unpaired) electrons. The largest absolute Gasteiger partial charge is 0.495 e. The van der Waals surface area contributed by atoms with Gasteiger partial charge in [-0.05, 0) is 11.6 Å². The van der Waals surface area contributed by atoms with Crippen molar-refractivity contribution in [2.24, 2.45) is 5.73 Å². The van der Waals surface area contributed by atoms with E-state index in [1.54, 1.807) is 24.3 Å². The zero-order valence-corrected chi connectivity index (χ0v) is 8.42. The molecule has 0 fully saturated rings. The van der Waals surface area contributed by atoms with E-state index in [2.05, 4.69) is 10.2 Å². The second kappa shape index (κ2) is 4.10. The molecule has 0 aliphatic rings. The highest BCUT2D eigenvalue weighted by atomic mass is 16.5. The van der Waals surface area contributed by atoms with Gasteiger partial charge in [0.05, 0.1) is 12.8 Å². The average molecular weight is 204 g/mol. The van der Waals surface area contributed by atoms with Crippen LogP contribution in [-0.2, 0) is 6.54 Å². The smallest absolute Gasteiger partial charge is 0.143 e. The standard InChI is InChI=1S/C10H12N4O/c1-15-9-4-2-3-8(5-11)10(9)14-6-12-13-7-14/h2-4,6-7H,5,11H2,1H3. The van der Waals surface area contributed by atoms with Crippen molar-refractivity contribution < 1.29 is 4.74 Å². The van der Waals surface area contributed by atoms with E-state index in [-0.39, 0.29) is 0 Å². The molecule has 2 rings (SSSR count). The highest BCUT2D eigenvalue weighted by molar-refractivity contribution is 5.52. The van der Waals surface area contributed by atoms with Crippen LogP contribution >= 0.6 is 0 Å². The summed E-state index contributed by atoms with van der Waals surface area (Å²) in [5.41, 5.74) is 7.56. The Morgan fingerprint density at radius 2 is 2.07 bits per heavy atom. The molecule has 0 aliphatic carbocycles. The van der Waals surface area contributed by atoms with Gasteiger partial charge in [0.1, 0.15) is 18.4 Å². The Morgan fingerprint density at radius 3 is 2.67 bits per heavy atom. The zero-order chi connectivity index (χ0) is 10.7. The first-order valence-corrected chi connectivity index (χ1v) is 4.57. The van der Waals surface area contributed by atoms with Crippen LogP contribution in [0.3, 0.4) is 0 Å². The van der Waals surface area contributed by atoms with Crippen LogP contribution in [0.4, 0.5) is 0 Å². The first-order chi connectivity index (χ1) is 7.36. The maximum absolute atomic E-state index is 5.67. The molecule has 15 heavy (non-hydrogen) atoms. The van der Waals surface area contributed by atoms with Gasteiger partial charge in [-0.15, -0.1) is 10.2 Å². The lowest BCUT2D eigenvalue weighted by Crippen LogP contribution is -2.05. The highest BCUT2D eigenvalue weighted by Gasteiger charge is 2.09. The minimum atomic E-state index is 0.449. The predicted octanol–water partition coefficient (Wildman–Crippen LogP) is 0.735. The molecule has 0 bridgehead atoms. The molecule has 1 heterocycles. The molecule has 0 spiro atoms. The summed E-state index contributed by atoms with van der Waals surface area (Å²) in [7, 11) is 1.63. The normalized spacial score (nSPS) is 10.3. The number of hydrogen-bond donors (Lipinski definition) is 1. The lowest BCUT2D eigenvalue weighted by molar-refractivity contribution is 0.412. The number of hydrogen-bond acceptors (Lipinski definition) is 4. The molecule has 0 aliphatic heterocycles. The third-order valence-corrected chi connectivity index (χ3v) is 2.20. The fourth-order valence-corrected chi connectivity index (χ4v) is 1.51. The maximum Gasteiger partial charge on any atom is 0.143 e. The lowest BCUT2D eigenvalue weighted by Gasteiger charge is -2.12. The third kappa shape index (κ3) is 1.69. The highest BCUT2D eigenvalue weighted by Crippen LogP contribution is 2.25. The number of nitrogens with zero attached hydrogens (tertiary/aromatic N) is 3. The number of ether oxygens (including phenoxy) is 1. The molecule has 0 atom stereocenters. The van der Waals surface area contributed by atoms with E-state index < -0.39 is 0 Å². The van der Waals surface area contributed by atoms with Crippen LogP contribution in [0.25, 0.3) is 5.69 Å². The van der Waals surface area contributed by atoms with Crippen LogP contribution in [0.2, 0.25) is 0 Å². The lowest BCUT2D eigenvalue weighted by atomic mass is 10.1. The topological polar surface area (TPSA) is 66.0 Å². The number of aromatic nitrogens is 3. The molecule has 1 aromatic heterocycles. The predicted molar refractivity (Wildman–Crippen MR) is 55.8 cm³/mol. The van der Waals surface area contributed by atoms with E-state index in [0.29, 0.717) is 6.54 Å². The van der Waals surface area contributed by atoms with Gasteiger partial charge in [0.25, 0.3) is 0 Å². The summed E-state index contributed by atoms with van der Waals surface area (Å²) in [5, 5.41) is 7.53. The van der Waals surface area contributed by atoms with Gasteiger partial charge >= 0.3 is 0 Å². The third-order valence-electron chi connectivity index (χ3n) is 2.20. The molecule has 5 heteroatoms. The summed E-state index contributed by atoms with van der Waals surface area (Å²) in [6.45, 7) is 0.449. The van der Waals surface area contributed by atoms with E-state index in [9.17, 15) is 0 Å². The van der Waals surface area contributed by atoms with Gasteiger partial charge in [0.15, 0.2) is 0 Å². The second-order valence-corrected chi connectivity index (χ2v) is 3.04. The Bertz CT molecular complexity index is 416. The maximum atomic E-state index is 5.67. The summed E-state index contributed by atoms with van der Waals surface area (Å²) < 4.78 is 7.07. The summed E-state index contributed by atoms with van der Waals surface area (Å²) in [5.74, 6) is 0.762. The van der Waals surface area contributed by atoms with E-state index in [1.807, 2.05) is 18.2 Å². The van der Waals surface area contributed by atoms with Crippen molar-refractivity contribution in [2.75, 3.05) is 7.11 Å². The van der Waals surface area contributed by atoms with Crippen molar-refractivity contribution in [3.05, 3.63) is 36.4 Å². The van der Waals surface area contributed by atoms with Crippen LogP contribution in [0, 0.1) is 0 Å². The molecule has 5 nitrogen and oxygen atoms in total. The monoisotopic (exact) mass is 204 g/mol. The molecule has 2 aromatic rings. The van der Waals surface area contributed by atoms with Crippen LogP contribution in [0.5, 0.6) is 5.75 Å². The van der Waals surface area contributed by atoms with Crippen molar-refractivity contribution in [2.45, 2.75) is 6.54 Å². The Balaban J connectivity index is 2.61. The van der Waals surface area contributed by atoms with Crippen LogP contribution in [-0.4, -0.2) is 21.9 Å². The van der Waals surface area contributed by atoms with Crippen molar-refractivity contribution in [1.29, 1.82) is 0 Å². The number of nitrogens with two attached hydrogens (primary N) is 1. The second-order valence-electron chi connectivity index (χ2n) is 3.04. The van der Waals surface area contributed by atoms with E-state index >= 15 is 0 Å². The van der Waals surface area contributed by atoms with E-state index in [0.717, 1.165) is 17.0 Å². The van der Waals surface area contributed by atoms with Crippen molar-refractivity contribution >= 4 is 0 Å². The van der Waals surface area contributed by atoms with Crippen LogP contribution in [0.1, 0.15) is 5.56 Å². The molecule has 0 amide bonds. The van der Waals surface area contributed by atoms with Gasteiger partial charge in [-0.1, -0.05) is 12.1 Å². The van der Waals surface area contributed by atoms with Gasteiger partial charge in [-0.3, -0.25) is 4.57 Å².